The van der Waals surface area contributed by atoms with Gasteiger partial charge in [-0.25, -0.2) is 4.98 Å². The van der Waals surface area contributed by atoms with E-state index in [0.717, 1.165) is 17.8 Å². The zero-order valence-corrected chi connectivity index (χ0v) is 12.5. The Morgan fingerprint density at radius 2 is 1.65 bits per heavy atom. The van der Waals surface area contributed by atoms with Crippen molar-refractivity contribution in [1.82, 2.24) is 9.38 Å². The van der Waals surface area contributed by atoms with Crippen LogP contribution >= 0.6 is 0 Å². The number of rotatable bonds is 2. The van der Waals surface area contributed by atoms with Crippen molar-refractivity contribution in [3.8, 4) is 0 Å². The second-order valence-corrected chi connectivity index (χ2v) is 5.20. The fourth-order valence-corrected chi connectivity index (χ4v) is 2.15. The van der Waals surface area contributed by atoms with Gasteiger partial charge in [0, 0.05) is 6.20 Å². The van der Waals surface area contributed by atoms with E-state index in [4.69, 9.17) is 0 Å². The van der Waals surface area contributed by atoms with Crippen LogP contribution in [0.25, 0.3) is 5.65 Å². The van der Waals surface area contributed by atoms with Gasteiger partial charge in [0.25, 0.3) is 0 Å². The third kappa shape index (κ3) is 3.08. The Labute approximate surface area is 130 Å². The number of aryl methyl sites for hydroxylation is 2. The molecule has 0 fully saturated rings. The van der Waals surface area contributed by atoms with Crippen LogP contribution in [0.4, 0.5) is 24.7 Å². The van der Waals surface area contributed by atoms with Crippen LogP contribution in [0.3, 0.4) is 0 Å². The van der Waals surface area contributed by atoms with Crippen LogP contribution in [0.5, 0.6) is 0 Å². The molecule has 0 aliphatic rings. The fourth-order valence-electron chi connectivity index (χ4n) is 2.15. The highest BCUT2D eigenvalue weighted by atomic mass is 19.4. The van der Waals surface area contributed by atoms with E-state index in [1.165, 1.54) is 10.5 Å². The molecule has 2 aromatic heterocycles. The maximum absolute atomic E-state index is 12.9. The number of hydrogen-bond donors (Lipinski definition) is 0. The molecule has 0 saturated heterocycles. The molecule has 0 amide bonds. The van der Waals surface area contributed by atoms with Gasteiger partial charge in [-0.05, 0) is 38.1 Å². The molecule has 0 spiro atoms. The first kappa shape index (κ1) is 15.2. The second-order valence-electron chi connectivity index (χ2n) is 5.20. The zero-order chi connectivity index (χ0) is 16.6. The van der Waals surface area contributed by atoms with Crippen molar-refractivity contribution >= 4 is 17.2 Å². The average molecular weight is 318 g/mol. The maximum atomic E-state index is 12.9. The Morgan fingerprint density at radius 3 is 2.30 bits per heavy atom. The summed E-state index contributed by atoms with van der Waals surface area (Å²) in [6.07, 6.45) is -3.43. The highest BCUT2D eigenvalue weighted by Crippen LogP contribution is 2.31. The van der Waals surface area contributed by atoms with E-state index in [1.54, 1.807) is 19.1 Å². The van der Waals surface area contributed by atoms with Gasteiger partial charge in [-0.3, -0.25) is 4.40 Å². The number of pyridine rings is 1. The van der Waals surface area contributed by atoms with E-state index in [2.05, 4.69) is 15.2 Å². The van der Waals surface area contributed by atoms with Crippen molar-refractivity contribution in [3.05, 3.63) is 59.4 Å². The minimum atomic E-state index is -4.42. The van der Waals surface area contributed by atoms with Crippen LogP contribution < -0.4 is 0 Å². The van der Waals surface area contributed by atoms with E-state index in [0.29, 0.717) is 17.0 Å². The molecular weight excluding hydrogens is 305 g/mol. The average Bonchev–Trinajstić information content (AvgIpc) is 2.80. The smallest absolute Gasteiger partial charge is 0.282 e. The number of azo groups is 1. The van der Waals surface area contributed by atoms with Crippen LogP contribution in [0, 0.1) is 13.8 Å². The van der Waals surface area contributed by atoms with Gasteiger partial charge in [0.2, 0.25) is 0 Å². The van der Waals surface area contributed by atoms with E-state index in [1.807, 2.05) is 19.1 Å². The predicted octanol–water partition coefficient (Wildman–Crippen LogP) is 5.39. The van der Waals surface area contributed by atoms with Crippen LogP contribution in [-0.4, -0.2) is 9.38 Å². The van der Waals surface area contributed by atoms with Crippen molar-refractivity contribution in [1.29, 1.82) is 0 Å². The van der Waals surface area contributed by atoms with Gasteiger partial charge < -0.3 is 0 Å². The Kier molecular flexibility index (Phi) is 3.63. The van der Waals surface area contributed by atoms with Crippen LogP contribution in [0.1, 0.15) is 16.8 Å². The number of hydrogen-bond acceptors (Lipinski definition) is 3. The molecule has 0 saturated carbocycles. The summed E-state index contributed by atoms with van der Waals surface area (Å²) < 4.78 is 39.9. The van der Waals surface area contributed by atoms with E-state index in [9.17, 15) is 13.2 Å². The first-order valence-corrected chi connectivity index (χ1v) is 6.89. The summed E-state index contributed by atoms with van der Waals surface area (Å²) in [5.41, 5.74) is 1.87. The Bertz CT molecular complexity index is 877. The number of aromatic nitrogens is 2. The van der Waals surface area contributed by atoms with E-state index < -0.39 is 11.7 Å². The molecule has 0 N–H and O–H groups in total. The molecule has 3 rings (SSSR count). The molecule has 0 atom stereocenters. The number of fused-ring (bicyclic) bond motifs is 1. The summed E-state index contributed by atoms with van der Waals surface area (Å²) in [7, 11) is 0. The molecule has 0 bridgehead atoms. The van der Waals surface area contributed by atoms with Crippen LogP contribution in [0.15, 0.2) is 52.8 Å². The van der Waals surface area contributed by atoms with Gasteiger partial charge in [-0.15, -0.1) is 10.2 Å². The van der Waals surface area contributed by atoms with Gasteiger partial charge >= 0.3 is 6.18 Å². The predicted molar refractivity (Wildman–Crippen MR) is 80.3 cm³/mol. The molecule has 0 radical (unpaired) electrons. The molecule has 0 unspecified atom stereocenters. The first-order valence-electron chi connectivity index (χ1n) is 6.89. The van der Waals surface area contributed by atoms with Crippen LogP contribution in [0.2, 0.25) is 0 Å². The number of nitrogens with zero attached hydrogens (tertiary/aromatic N) is 4. The molecular formula is C16H13F3N4. The Balaban J connectivity index is 2.05. The maximum Gasteiger partial charge on any atom is 0.417 e. The number of halogens is 3. The third-order valence-electron chi connectivity index (χ3n) is 3.38. The van der Waals surface area contributed by atoms with Crippen molar-refractivity contribution in [2.24, 2.45) is 10.2 Å². The third-order valence-corrected chi connectivity index (χ3v) is 3.38. The Morgan fingerprint density at radius 1 is 0.957 bits per heavy atom. The minimum absolute atomic E-state index is 0.284. The van der Waals surface area contributed by atoms with Crippen molar-refractivity contribution in [2.75, 3.05) is 0 Å². The van der Waals surface area contributed by atoms with E-state index >= 15 is 0 Å². The number of alkyl halides is 3. The summed E-state index contributed by atoms with van der Waals surface area (Å²) in [5, 5.41) is 8.15. The van der Waals surface area contributed by atoms with Gasteiger partial charge in [0.15, 0.2) is 5.82 Å². The van der Waals surface area contributed by atoms with Crippen molar-refractivity contribution in [3.63, 3.8) is 0 Å². The van der Waals surface area contributed by atoms with E-state index in [-0.39, 0.29) is 5.82 Å². The lowest BCUT2D eigenvalue weighted by atomic mass is 10.2. The van der Waals surface area contributed by atoms with Crippen molar-refractivity contribution < 1.29 is 13.2 Å². The van der Waals surface area contributed by atoms with Gasteiger partial charge in [0.1, 0.15) is 5.65 Å². The lowest BCUT2D eigenvalue weighted by Crippen LogP contribution is -2.06. The summed E-state index contributed by atoms with van der Waals surface area (Å²) >= 11 is 0. The molecule has 0 aliphatic heterocycles. The molecule has 23 heavy (non-hydrogen) atoms. The van der Waals surface area contributed by atoms with Gasteiger partial charge in [0.05, 0.1) is 16.9 Å². The molecule has 4 nitrogen and oxygen atoms in total. The minimum Gasteiger partial charge on any atom is -0.282 e. The summed E-state index contributed by atoms with van der Waals surface area (Å²) in [4.78, 5) is 4.20. The standard InChI is InChI=1S/C16H13F3N4/c1-10-3-6-13(7-4-10)21-22-15-11(2)20-14-8-5-12(9-23(14)15)16(17,18)19/h3-9H,1-2H3. The van der Waals surface area contributed by atoms with Gasteiger partial charge in [-0.1, -0.05) is 17.7 Å². The normalized spacial score (nSPS) is 12.4. The van der Waals surface area contributed by atoms with Crippen molar-refractivity contribution in [2.45, 2.75) is 20.0 Å². The molecule has 118 valence electrons. The lowest BCUT2D eigenvalue weighted by molar-refractivity contribution is -0.137. The quantitative estimate of drug-likeness (QED) is 0.584. The topological polar surface area (TPSA) is 42.0 Å². The summed E-state index contributed by atoms with van der Waals surface area (Å²) in [6.45, 7) is 3.64. The highest BCUT2D eigenvalue weighted by Gasteiger charge is 2.31. The largest absolute Gasteiger partial charge is 0.417 e. The molecule has 3 aromatic rings. The molecule has 1 aromatic carbocycles. The summed E-state index contributed by atoms with van der Waals surface area (Å²) in [5.74, 6) is 0.284. The van der Waals surface area contributed by atoms with Gasteiger partial charge in [-0.2, -0.15) is 13.2 Å². The highest BCUT2D eigenvalue weighted by molar-refractivity contribution is 5.53. The second kappa shape index (κ2) is 5.49. The molecule has 7 heteroatoms. The Hall–Kier alpha value is -2.70. The number of benzene rings is 1. The SMILES string of the molecule is Cc1ccc(N=Nc2c(C)nc3ccc(C(F)(F)F)cn23)cc1. The molecule has 2 heterocycles. The first-order chi connectivity index (χ1) is 10.8. The van der Waals surface area contributed by atoms with Crippen LogP contribution in [-0.2, 0) is 6.18 Å². The summed E-state index contributed by atoms with van der Waals surface area (Å²) in [6, 6.07) is 9.68. The lowest BCUT2D eigenvalue weighted by Gasteiger charge is -2.06. The monoisotopic (exact) mass is 318 g/mol. The number of imidazole rings is 1. The molecule has 0 aliphatic carbocycles. The zero-order valence-electron chi connectivity index (χ0n) is 12.5. The fraction of sp³-hybridized carbons (Fsp3) is 0.188.